The number of nitrogens with one attached hydrogen (secondary N) is 2. The van der Waals surface area contributed by atoms with Crippen LogP contribution >= 0.6 is 11.8 Å². The Morgan fingerprint density at radius 3 is 2.94 bits per heavy atom. The summed E-state index contributed by atoms with van der Waals surface area (Å²) in [5.74, 6) is 0.0186. The van der Waals surface area contributed by atoms with E-state index in [1.807, 2.05) is 0 Å². The van der Waals surface area contributed by atoms with Crippen molar-refractivity contribution in [3.63, 3.8) is 0 Å². The Hall–Kier alpha value is -1.43. The summed E-state index contributed by atoms with van der Waals surface area (Å²) >= 11 is 1.29. The molecule has 0 atom stereocenters. The highest BCUT2D eigenvalue weighted by Crippen LogP contribution is 2.24. The number of carbonyl (C=O) groups is 1. The number of nitrogen functional groups attached to an aromatic ring is 1. The summed E-state index contributed by atoms with van der Waals surface area (Å²) in [7, 11) is 0. The number of anilines is 1. The van der Waals surface area contributed by atoms with Crippen molar-refractivity contribution in [2.45, 2.75) is 24.7 Å². The normalized spacial score (nSPS) is 10.1. The molecule has 0 saturated carbocycles. The van der Waals surface area contributed by atoms with Crippen molar-refractivity contribution in [2.75, 3.05) is 18.2 Å². The Bertz CT molecular complexity index is 401. The van der Waals surface area contributed by atoms with Crippen LogP contribution in [0.25, 0.3) is 0 Å². The fraction of sp³-hybridized carbons (Fsp3) is 0.417. The van der Waals surface area contributed by atoms with E-state index in [0.29, 0.717) is 23.0 Å². The van der Waals surface area contributed by atoms with Crippen LogP contribution in [0.1, 0.15) is 19.8 Å². The van der Waals surface area contributed by atoms with Crippen LogP contribution in [0.3, 0.4) is 0 Å². The van der Waals surface area contributed by atoms with Gasteiger partial charge >= 0.3 is 6.03 Å². The maximum Gasteiger partial charge on any atom is 0.315 e. The maximum absolute atomic E-state index is 13.0. The van der Waals surface area contributed by atoms with Gasteiger partial charge in [-0.3, -0.25) is 0 Å². The van der Waals surface area contributed by atoms with Gasteiger partial charge in [-0.1, -0.05) is 13.3 Å². The van der Waals surface area contributed by atoms with Crippen molar-refractivity contribution >= 4 is 23.5 Å². The van der Waals surface area contributed by atoms with E-state index >= 15 is 0 Å². The number of unbranched alkanes of at least 4 members (excludes halogenated alkanes) is 1. The van der Waals surface area contributed by atoms with E-state index in [9.17, 15) is 9.18 Å². The molecule has 0 unspecified atom stereocenters. The molecule has 18 heavy (non-hydrogen) atoms. The average molecular weight is 271 g/mol. The monoisotopic (exact) mass is 271 g/mol. The lowest BCUT2D eigenvalue weighted by molar-refractivity contribution is 0.242. The molecule has 0 saturated heterocycles. The van der Waals surface area contributed by atoms with Crippen LogP contribution in [-0.4, -0.2) is 18.5 Å². The van der Waals surface area contributed by atoms with Crippen LogP contribution in [-0.2, 0) is 0 Å². The number of hydrogen-bond acceptors (Lipinski definition) is 3. The van der Waals surface area contributed by atoms with E-state index in [-0.39, 0.29) is 11.8 Å². The number of hydrogen-bond donors (Lipinski definition) is 3. The Labute approximate surface area is 111 Å². The van der Waals surface area contributed by atoms with Gasteiger partial charge < -0.3 is 16.4 Å². The summed E-state index contributed by atoms with van der Waals surface area (Å²) in [6, 6.07) is 3.96. The highest BCUT2D eigenvalue weighted by Gasteiger charge is 2.03. The molecule has 0 aliphatic carbocycles. The molecule has 4 nitrogen and oxygen atoms in total. The van der Waals surface area contributed by atoms with Crippen molar-refractivity contribution in [3.8, 4) is 0 Å². The van der Waals surface area contributed by atoms with Gasteiger partial charge in [-0.15, -0.1) is 11.8 Å². The topological polar surface area (TPSA) is 67.2 Å². The molecule has 1 aromatic rings. The van der Waals surface area contributed by atoms with Crippen LogP contribution in [0.4, 0.5) is 14.9 Å². The first kappa shape index (κ1) is 14.6. The molecule has 100 valence electrons. The molecule has 0 fully saturated rings. The van der Waals surface area contributed by atoms with Gasteiger partial charge in [-0.25, -0.2) is 9.18 Å². The third kappa shape index (κ3) is 5.27. The summed E-state index contributed by atoms with van der Waals surface area (Å²) in [6.07, 6.45) is 1.99. The van der Waals surface area contributed by atoms with E-state index in [1.165, 1.54) is 30.0 Å². The number of nitrogens with two attached hydrogens (primary N) is 1. The molecule has 0 aliphatic heterocycles. The van der Waals surface area contributed by atoms with E-state index < -0.39 is 0 Å². The first-order valence-corrected chi connectivity index (χ1v) is 6.81. The standard InChI is InChI=1S/C12H18FN3OS/c1-2-3-6-15-12(17)16-8-18-11-7-9(13)4-5-10(11)14/h4-5,7H,2-3,6,8,14H2,1H3,(H2,15,16,17). The van der Waals surface area contributed by atoms with Gasteiger partial charge in [-0.2, -0.15) is 0 Å². The van der Waals surface area contributed by atoms with Crippen molar-refractivity contribution in [3.05, 3.63) is 24.0 Å². The van der Waals surface area contributed by atoms with Crippen molar-refractivity contribution in [1.82, 2.24) is 10.6 Å². The van der Waals surface area contributed by atoms with Gasteiger partial charge in [0, 0.05) is 17.1 Å². The number of amides is 2. The van der Waals surface area contributed by atoms with Crippen LogP contribution < -0.4 is 16.4 Å². The zero-order valence-electron chi connectivity index (χ0n) is 10.3. The smallest absolute Gasteiger partial charge is 0.315 e. The molecule has 6 heteroatoms. The van der Waals surface area contributed by atoms with Gasteiger partial charge in [0.05, 0.1) is 5.88 Å². The van der Waals surface area contributed by atoms with Gasteiger partial charge in [-0.05, 0) is 24.6 Å². The Morgan fingerprint density at radius 1 is 1.44 bits per heavy atom. The van der Waals surface area contributed by atoms with Gasteiger partial charge in [0.2, 0.25) is 0 Å². The SMILES string of the molecule is CCCCNC(=O)NCSc1cc(F)ccc1N. The molecule has 0 aliphatic rings. The Kier molecular flexibility index (Phi) is 6.35. The molecule has 1 rings (SSSR count). The van der Waals surface area contributed by atoms with E-state index in [1.54, 1.807) is 0 Å². The minimum Gasteiger partial charge on any atom is -0.398 e. The maximum atomic E-state index is 13.0. The molecule has 1 aromatic carbocycles. The third-order valence-electron chi connectivity index (χ3n) is 2.25. The first-order chi connectivity index (χ1) is 8.63. The molecule has 4 N–H and O–H groups in total. The van der Waals surface area contributed by atoms with Gasteiger partial charge in [0.15, 0.2) is 0 Å². The molecule has 0 radical (unpaired) electrons. The zero-order valence-corrected chi connectivity index (χ0v) is 11.1. The van der Waals surface area contributed by atoms with Gasteiger partial charge in [0.1, 0.15) is 5.82 Å². The second-order valence-electron chi connectivity index (χ2n) is 3.76. The lowest BCUT2D eigenvalue weighted by atomic mass is 10.3. The zero-order chi connectivity index (χ0) is 13.4. The minimum atomic E-state index is -0.334. The average Bonchev–Trinajstić information content (AvgIpc) is 2.34. The molecule has 2 amide bonds. The number of urea groups is 1. The predicted molar refractivity (Wildman–Crippen MR) is 73.0 cm³/mol. The van der Waals surface area contributed by atoms with Crippen LogP contribution in [0.2, 0.25) is 0 Å². The summed E-state index contributed by atoms with van der Waals surface area (Å²) in [5.41, 5.74) is 6.20. The second-order valence-corrected chi connectivity index (χ2v) is 4.77. The minimum absolute atomic E-state index is 0.217. The van der Waals surface area contributed by atoms with Crippen molar-refractivity contribution in [2.24, 2.45) is 0 Å². The first-order valence-electron chi connectivity index (χ1n) is 5.83. The molecule has 0 bridgehead atoms. The fourth-order valence-corrected chi connectivity index (χ4v) is 2.04. The highest BCUT2D eigenvalue weighted by atomic mass is 32.2. The quantitative estimate of drug-likeness (QED) is 0.322. The van der Waals surface area contributed by atoms with E-state index in [4.69, 9.17) is 5.73 Å². The lowest BCUT2D eigenvalue weighted by Crippen LogP contribution is -2.35. The largest absolute Gasteiger partial charge is 0.398 e. The summed E-state index contributed by atoms with van der Waals surface area (Å²) < 4.78 is 13.0. The van der Waals surface area contributed by atoms with Crippen LogP contribution in [0, 0.1) is 5.82 Å². The molecule has 0 spiro atoms. The van der Waals surface area contributed by atoms with E-state index in [0.717, 1.165) is 12.8 Å². The van der Waals surface area contributed by atoms with Crippen molar-refractivity contribution in [1.29, 1.82) is 0 Å². The second kappa shape index (κ2) is 7.81. The highest BCUT2D eigenvalue weighted by molar-refractivity contribution is 7.99. The van der Waals surface area contributed by atoms with Crippen LogP contribution in [0.15, 0.2) is 23.1 Å². The van der Waals surface area contributed by atoms with Crippen molar-refractivity contribution < 1.29 is 9.18 Å². The van der Waals surface area contributed by atoms with Crippen LogP contribution in [0.5, 0.6) is 0 Å². The van der Waals surface area contributed by atoms with Gasteiger partial charge in [0.25, 0.3) is 0 Å². The molecular formula is C12H18FN3OS. The predicted octanol–water partition coefficient (Wildman–Crippen LogP) is 2.56. The summed E-state index contributed by atoms with van der Waals surface area (Å²) in [4.78, 5) is 11.9. The number of benzene rings is 1. The molecule has 0 heterocycles. The molecule has 0 aromatic heterocycles. The third-order valence-corrected chi connectivity index (χ3v) is 3.21. The Balaban J connectivity index is 2.28. The summed E-state index contributed by atoms with van der Waals surface area (Å²) in [6.45, 7) is 2.72. The number of halogens is 1. The van der Waals surface area contributed by atoms with E-state index in [2.05, 4.69) is 17.6 Å². The molecular weight excluding hydrogens is 253 g/mol. The summed E-state index contributed by atoms with van der Waals surface area (Å²) in [5, 5.41) is 5.40. The fourth-order valence-electron chi connectivity index (χ4n) is 1.25. The number of carbonyl (C=O) groups excluding carboxylic acids is 1. The lowest BCUT2D eigenvalue weighted by Gasteiger charge is -2.08. The number of rotatable bonds is 6. The number of thioether (sulfide) groups is 1. The Morgan fingerprint density at radius 2 is 2.22 bits per heavy atom.